The normalized spacial score (nSPS) is 14.5. The highest BCUT2D eigenvalue weighted by Gasteiger charge is 2.33. The molecule has 0 aromatic heterocycles. The Kier molecular flexibility index (Phi) is 7.01. The lowest BCUT2D eigenvalue weighted by Gasteiger charge is -2.31. The van der Waals surface area contributed by atoms with Crippen LogP contribution in [0.5, 0.6) is 11.5 Å². The van der Waals surface area contributed by atoms with Crippen molar-refractivity contribution in [3.8, 4) is 23.3 Å². The maximum absolute atomic E-state index is 13.0. The average Bonchev–Trinajstić information content (AvgIpc) is 2.79. The van der Waals surface area contributed by atoms with E-state index in [4.69, 9.17) is 9.47 Å². The van der Waals surface area contributed by atoms with Crippen molar-refractivity contribution in [2.75, 3.05) is 26.8 Å². The van der Waals surface area contributed by atoms with Gasteiger partial charge in [-0.1, -0.05) is 5.92 Å². The number of nitrogens with zero attached hydrogens (tertiary/aromatic N) is 1. The molecule has 3 rings (SSSR count). The summed E-state index contributed by atoms with van der Waals surface area (Å²) in [4.78, 5) is 14.7. The van der Waals surface area contributed by atoms with Gasteiger partial charge in [-0.2, -0.15) is 0 Å². The van der Waals surface area contributed by atoms with E-state index in [2.05, 4.69) is 11.8 Å². The van der Waals surface area contributed by atoms with Crippen molar-refractivity contribution < 1.29 is 22.7 Å². The molecular weight excluding hydrogens is 402 g/mol. The second-order valence-electron chi connectivity index (χ2n) is 6.95. The summed E-state index contributed by atoms with van der Waals surface area (Å²) in [5, 5.41) is -0.504. The first kappa shape index (κ1) is 21.7. The molecule has 1 aliphatic heterocycles. The zero-order valence-corrected chi connectivity index (χ0v) is 17.9. The fourth-order valence-corrected chi connectivity index (χ4v) is 5.13. The lowest BCUT2D eigenvalue weighted by Crippen LogP contribution is -2.42. The molecule has 0 aliphatic carbocycles. The predicted octanol–water partition coefficient (Wildman–Crippen LogP) is 3.18. The summed E-state index contributed by atoms with van der Waals surface area (Å²) >= 11 is 0. The molecule has 0 spiro atoms. The van der Waals surface area contributed by atoms with Crippen molar-refractivity contribution in [1.82, 2.24) is 4.90 Å². The highest BCUT2D eigenvalue weighted by atomic mass is 32.2. The highest BCUT2D eigenvalue weighted by Crippen LogP contribution is 2.27. The molecule has 6 nitrogen and oxygen atoms in total. The zero-order valence-electron chi connectivity index (χ0n) is 17.1. The summed E-state index contributed by atoms with van der Waals surface area (Å²) in [6.07, 6.45) is 0.823. The molecule has 1 saturated heterocycles. The van der Waals surface area contributed by atoms with Gasteiger partial charge in [-0.3, -0.25) is 4.79 Å². The third kappa shape index (κ3) is 4.95. The Morgan fingerprint density at radius 1 is 1.03 bits per heavy atom. The Bertz CT molecular complexity index is 1030. The summed E-state index contributed by atoms with van der Waals surface area (Å²) in [5.74, 6) is 6.71. The van der Waals surface area contributed by atoms with E-state index in [0.717, 1.165) is 0 Å². The molecule has 0 saturated carbocycles. The van der Waals surface area contributed by atoms with Crippen LogP contribution in [-0.2, 0) is 9.84 Å². The van der Waals surface area contributed by atoms with Crippen LogP contribution in [0, 0.1) is 11.8 Å². The van der Waals surface area contributed by atoms with Crippen molar-refractivity contribution >= 4 is 15.7 Å². The molecule has 2 aromatic rings. The van der Waals surface area contributed by atoms with Gasteiger partial charge >= 0.3 is 0 Å². The van der Waals surface area contributed by atoms with Crippen LogP contribution in [0.3, 0.4) is 0 Å². The molecule has 0 N–H and O–H groups in total. The number of ether oxygens (including phenoxy) is 2. The minimum Gasteiger partial charge on any atom is -0.497 e. The van der Waals surface area contributed by atoms with Crippen LogP contribution >= 0.6 is 0 Å². The minimum atomic E-state index is -3.46. The largest absolute Gasteiger partial charge is 0.497 e. The molecule has 158 valence electrons. The number of piperidine rings is 1. The molecule has 1 fully saturated rings. The summed E-state index contributed by atoms with van der Waals surface area (Å²) < 4.78 is 36.5. The second-order valence-corrected chi connectivity index (χ2v) is 9.18. The third-order valence-electron chi connectivity index (χ3n) is 5.15. The number of carbonyl (C=O) groups is 1. The first-order valence-electron chi connectivity index (χ1n) is 9.75. The quantitative estimate of drug-likeness (QED) is 0.662. The average molecular weight is 428 g/mol. The lowest BCUT2D eigenvalue weighted by molar-refractivity contribution is 0.0725. The number of benzene rings is 2. The monoisotopic (exact) mass is 427 g/mol. The van der Waals surface area contributed by atoms with Gasteiger partial charge in [0.25, 0.3) is 5.91 Å². The smallest absolute Gasteiger partial charge is 0.253 e. The van der Waals surface area contributed by atoms with Gasteiger partial charge in [0.2, 0.25) is 0 Å². The number of rotatable bonds is 6. The van der Waals surface area contributed by atoms with Crippen molar-refractivity contribution in [3.05, 3.63) is 54.1 Å². The second kappa shape index (κ2) is 9.68. The number of hydrogen-bond acceptors (Lipinski definition) is 5. The molecule has 7 heteroatoms. The van der Waals surface area contributed by atoms with Crippen LogP contribution in [0.4, 0.5) is 0 Å². The van der Waals surface area contributed by atoms with Crippen molar-refractivity contribution in [1.29, 1.82) is 0 Å². The van der Waals surface area contributed by atoms with Crippen LogP contribution in [-0.4, -0.2) is 51.3 Å². The number of sulfone groups is 1. The fourth-order valence-electron chi connectivity index (χ4n) is 3.39. The SMILES string of the molecule is CC#CCOc1ccc(S(=O)(=O)C2CCN(C(=O)c3ccc(OC)cc3)CC2)cc1. The van der Waals surface area contributed by atoms with E-state index in [-0.39, 0.29) is 17.4 Å². The van der Waals surface area contributed by atoms with Crippen molar-refractivity contribution in [3.63, 3.8) is 0 Å². The van der Waals surface area contributed by atoms with Gasteiger partial charge in [-0.25, -0.2) is 8.42 Å². The van der Waals surface area contributed by atoms with E-state index in [1.807, 2.05) is 0 Å². The summed E-state index contributed by atoms with van der Waals surface area (Å²) in [5.41, 5.74) is 0.570. The Labute approximate surface area is 177 Å². The molecule has 0 atom stereocenters. The van der Waals surface area contributed by atoms with Gasteiger partial charge in [0.1, 0.15) is 18.1 Å². The molecule has 0 bridgehead atoms. The van der Waals surface area contributed by atoms with Crippen LogP contribution < -0.4 is 9.47 Å². The van der Waals surface area contributed by atoms with Crippen LogP contribution in [0.25, 0.3) is 0 Å². The number of methoxy groups -OCH3 is 1. The van der Waals surface area contributed by atoms with E-state index >= 15 is 0 Å². The van der Waals surface area contributed by atoms with Crippen LogP contribution in [0.2, 0.25) is 0 Å². The first-order valence-corrected chi connectivity index (χ1v) is 11.3. The van der Waals surface area contributed by atoms with Crippen LogP contribution in [0.15, 0.2) is 53.4 Å². The number of hydrogen-bond donors (Lipinski definition) is 0. The predicted molar refractivity (Wildman–Crippen MR) is 114 cm³/mol. The van der Waals surface area contributed by atoms with Crippen LogP contribution in [0.1, 0.15) is 30.1 Å². The lowest BCUT2D eigenvalue weighted by atomic mass is 10.1. The topological polar surface area (TPSA) is 72.9 Å². The Balaban J connectivity index is 1.61. The molecule has 1 heterocycles. The standard InChI is InChI=1S/C23H25NO5S/c1-3-4-17-29-20-9-11-21(12-10-20)30(26,27)22-13-15-24(16-14-22)23(25)18-5-7-19(28-2)8-6-18/h5-12,22H,13-17H2,1-2H3. The number of amides is 1. The Morgan fingerprint density at radius 3 is 2.20 bits per heavy atom. The summed E-state index contributed by atoms with van der Waals surface area (Å²) in [6.45, 7) is 2.81. The Hall–Kier alpha value is -2.98. The molecule has 0 unspecified atom stereocenters. The van der Waals surface area contributed by atoms with Gasteiger partial charge in [-0.05, 0) is 68.3 Å². The van der Waals surface area contributed by atoms with Gasteiger partial charge < -0.3 is 14.4 Å². The van der Waals surface area contributed by atoms with Crippen molar-refractivity contribution in [2.24, 2.45) is 0 Å². The van der Waals surface area contributed by atoms with E-state index in [1.54, 1.807) is 67.5 Å². The highest BCUT2D eigenvalue weighted by molar-refractivity contribution is 7.92. The van der Waals surface area contributed by atoms with E-state index in [0.29, 0.717) is 43.0 Å². The maximum atomic E-state index is 13.0. The maximum Gasteiger partial charge on any atom is 0.253 e. The third-order valence-corrected chi connectivity index (χ3v) is 7.42. The first-order chi connectivity index (χ1) is 14.5. The van der Waals surface area contributed by atoms with Gasteiger partial charge in [0, 0.05) is 18.7 Å². The van der Waals surface area contributed by atoms with Gasteiger partial charge in [0.15, 0.2) is 9.84 Å². The number of carbonyl (C=O) groups excluding carboxylic acids is 1. The molecule has 1 aliphatic rings. The summed E-state index contributed by atoms with van der Waals surface area (Å²) in [7, 11) is -1.89. The fraction of sp³-hybridized carbons (Fsp3) is 0.348. The van der Waals surface area contributed by atoms with Crippen molar-refractivity contribution in [2.45, 2.75) is 29.9 Å². The molecule has 0 radical (unpaired) electrons. The summed E-state index contributed by atoms with van der Waals surface area (Å²) in [6, 6.07) is 13.4. The minimum absolute atomic E-state index is 0.0924. The van der Waals surface area contributed by atoms with E-state index in [9.17, 15) is 13.2 Å². The number of likely N-dealkylation sites (tertiary alicyclic amines) is 1. The van der Waals surface area contributed by atoms with Gasteiger partial charge in [-0.15, -0.1) is 5.92 Å². The molecule has 30 heavy (non-hydrogen) atoms. The van der Waals surface area contributed by atoms with E-state index < -0.39 is 15.1 Å². The van der Waals surface area contributed by atoms with Gasteiger partial charge in [0.05, 0.1) is 17.3 Å². The Morgan fingerprint density at radius 2 is 1.63 bits per heavy atom. The van der Waals surface area contributed by atoms with E-state index in [1.165, 1.54) is 0 Å². The molecular formula is C23H25NO5S. The zero-order chi connectivity index (χ0) is 21.6. The molecule has 1 amide bonds. The molecule has 2 aromatic carbocycles.